The summed E-state index contributed by atoms with van der Waals surface area (Å²) in [5, 5.41) is 0. The van der Waals surface area contributed by atoms with Gasteiger partial charge in [0.05, 0.1) is 11.7 Å². The first kappa shape index (κ1) is 20.8. The van der Waals surface area contributed by atoms with Gasteiger partial charge in [-0.05, 0) is 83.8 Å². The van der Waals surface area contributed by atoms with E-state index in [-0.39, 0.29) is 30.5 Å². The third-order valence-corrected chi connectivity index (χ3v) is 4.30. The zero-order valence-electron chi connectivity index (χ0n) is 15.4. The van der Waals surface area contributed by atoms with Crippen molar-refractivity contribution in [2.75, 3.05) is 19.7 Å². The number of aryl methyl sites for hydroxylation is 2. The number of benzene rings is 1. The van der Waals surface area contributed by atoms with Gasteiger partial charge in [0.1, 0.15) is 12.4 Å². The molecule has 2 rings (SSSR count). The minimum atomic E-state index is -0.234. The Morgan fingerprint density at radius 2 is 1.67 bits per heavy atom. The van der Waals surface area contributed by atoms with Crippen molar-refractivity contribution < 1.29 is 14.3 Å². The summed E-state index contributed by atoms with van der Waals surface area (Å²) >= 11 is 0. The van der Waals surface area contributed by atoms with Crippen LogP contribution in [0, 0.1) is 13.8 Å². The fraction of sp³-hybridized carbons (Fsp3) is 0.632. The van der Waals surface area contributed by atoms with Gasteiger partial charge in [0.15, 0.2) is 0 Å². The predicted molar refractivity (Wildman–Crippen MR) is 99.5 cm³/mol. The molecule has 1 aromatic carbocycles. The van der Waals surface area contributed by atoms with Gasteiger partial charge in [0.2, 0.25) is 0 Å². The van der Waals surface area contributed by atoms with Gasteiger partial charge >= 0.3 is 5.97 Å². The van der Waals surface area contributed by atoms with E-state index in [2.05, 4.69) is 11.8 Å². The van der Waals surface area contributed by atoms with E-state index >= 15 is 0 Å². The SMILES string of the molecule is Cc1cc(OC(C)C)cc(C)c1C(=O)OCC(C)N1CCCC1.Cl. The number of likely N-dealkylation sites (tertiary alicyclic amines) is 1. The molecule has 0 aromatic heterocycles. The lowest BCUT2D eigenvalue weighted by Crippen LogP contribution is -2.34. The first-order valence-corrected chi connectivity index (χ1v) is 8.57. The van der Waals surface area contributed by atoms with Gasteiger partial charge in [0, 0.05) is 6.04 Å². The molecule has 0 N–H and O–H groups in total. The minimum Gasteiger partial charge on any atom is -0.491 e. The third-order valence-electron chi connectivity index (χ3n) is 4.30. The molecular weight excluding hydrogens is 326 g/mol. The lowest BCUT2D eigenvalue weighted by molar-refractivity contribution is 0.0393. The average molecular weight is 356 g/mol. The Morgan fingerprint density at radius 3 is 2.17 bits per heavy atom. The fourth-order valence-corrected chi connectivity index (χ4v) is 3.14. The van der Waals surface area contributed by atoms with Crippen LogP contribution < -0.4 is 4.74 Å². The van der Waals surface area contributed by atoms with Crippen molar-refractivity contribution in [3.8, 4) is 5.75 Å². The summed E-state index contributed by atoms with van der Waals surface area (Å²) in [6.07, 6.45) is 2.61. The van der Waals surface area contributed by atoms with Gasteiger partial charge in [0.25, 0.3) is 0 Å². The van der Waals surface area contributed by atoms with Gasteiger partial charge in [-0.3, -0.25) is 4.90 Å². The monoisotopic (exact) mass is 355 g/mol. The van der Waals surface area contributed by atoms with Gasteiger partial charge in [-0.15, -0.1) is 12.4 Å². The van der Waals surface area contributed by atoms with Crippen LogP contribution in [0.1, 0.15) is 55.1 Å². The highest BCUT2D eigenvalue weighted by atomic mass is 35.5. The van der Waals surface area contributed by atoms with Crippen LogP contribution in [0.4, 0.5) is 0 Å². The summed E-state index contributed by atoms with van der Waals surface area (Å²) in [4.78, 5) is 14.8. The number of ether oxygens (including phenoxy) is 2. The molecule has 0 bridgehead atoms. The molecule has 136 valence electrons. The van der Waals surface area contributed by atoms with Crippen LogP contribution in [0.3, 0.4) is 0 Å². The van der Waals surface area contributed by atoms with Crippen LogP contribution >= 0.6 is 12.4 Å². The topological polar surface area (TPSA) is 38.8 Å². The van der Waals surface area contributed by atoms with Crippen molar-refractivity contribution in [3.05, 3.63) is 28.8 Å². The van der Waals surface area contributed by atoms with Crippen LogP contribution in [0.25, 0.3) is 0 Å². The van der Waals surface area contributed by atoms with E-state index in [1.807, 2.05) is 39.8 Å². The Labute approximate surface area is 151 Å². The Hall–Kier alpha value is -1.26. The molecule has 1 fully saturated rings. The van der Waals surface area contributed by atoms with Crippen molar-refractivity contribution in [3.63, 3.8) is 0 Å². The number of carbonyl (C=O) groups is 1. The smallest absolute Gasteiger partial charge is 0.338 e. The van der Waals surface area contributed by atoms with Gasteiger partial charge in [-0.25, -0.2) is 4.79 Å². The molecule has 0 spiro atoms. The maximum Gasteiger partial charge on any atom is 0.338 e. The van der Waals surface area contributed by atoms with E-state index < -0.39 is 0 Å². The largest absolute Gasteiger partial charge is 0.491 e. The highest BCUT2D eigenvalue weighted by Gasteiger charge is 2.21. The number of esters is 1. The quantitative estimate of drug-likeness (QED) is 0.718. The first-order valence-electron chi connectivity index (χ1n) is 8.57. The van der Waals surface area contributed by atoms with Crippen LogP contribution in [0.15, 0.2) is 12.1 Å². The van der Waals surface area contributed by atoms with E-state index in [1.54, 1.807) is 0 Å². The molecule has 1 heterocycles. The zero-order chi connectivity index (χ0) is 17.0. The van der Waals surface area contributed by atoms with Crippen LogP contribution in [-0.2, 0) is 4.74 Å². The minimum absolute atomic E-state index is 0. The highest BCUT2D eigenvalue weighted by Crippen LogP contribution is 2.24. The number of halogens is 1. The van der Waals surface area contributed by atoms with Crippen molar-refractivity contribution in [2.24, 2.45) is 0 Å². The molecule has 0 saturated carbocycles. The Bertz CT molecular complexity index is 531. The van der Waals surface area contributed by atoms with E-state index in [4.69, 9.17) is 9.47 Å². The molecule has 0 amide bonds. The van der Waals surface area contributed by atoms with E-state index in [0.717, 1.165) is 30.0 Å². The predicted octanol–water partition coefficient (Wildman–Crippen LogP) is 4.15. The van der Waals surface area contributed by atoms with E-state index in [9.17, 15) is 4.79 Å². The molecule has 1 aliphatic rings. The summed E-state index contributed by atoms with van der Waals surface area (Å²) < 4.78 is 11.3. The Morgan fingerprint density at radius 1 is 1.12 bits per heavy atom. The molecule has 4 nitrogen and oxygen atoms in total. The second-order valence-electron chi connectivity index (χ2n) is 6.79. The lowest BCUT2D eigenvalue weighted by atomic mass is 10.0. The normalized spacial score (nSPS) is 15.9. The number of hydrogen-bond acceptors (Lipinski definition) is 4. The third kappa shape index (κ3) is 5.38. The number of hydrogen-bond donors (Lipinski definition) is 0. The molecular formula is C19H30ClNO3. The average Bonchev–Trinajstić information content (AvgIpc) is 2.97. The maximum absolute atomic E-state index is 12.5. The van der Waals surface area contributed by atoms with Crippen molar-refractivity contribution >= 4 is 18.4 Å². The first-order chi connectivity index (χ1) is 10.9. The standard InChI is InChI=1S/C19H29NO3.ClH/c1-13(2)23-17-10-14(3)18(15(4)11-17)19(21)22-12-16(5)20-8-6-7-9-20;/h10-11,13,16H,6-9,12H2,1-5H3;1H. The molecule has 0 radical (unpaired) electrons. The molecule has 5 heteroatoms. The molecule has 0 aliphatic carbocycles. The summed E-state index contributed by atoms with van der Waals surface area (Å²) in [6.45, 7) is 12.6. The van der Waals surface area contributed by atoms with Crippen molar-refractivity contribution in [1.29, 1.82) is 0 Å². The molecule has 1 aliphatic heterocycles. The lowest BCUT2D eigenvalue weighted by Gasteiger charge is -2.23. The summed E-state index contributed by atoms with van der Waals surface area (Å²) in [5.74, 6) is 0.569. The number of rotatable bonds is 6. The summed E-state index contributed by atoms with van der Waals surface area (Å²) in [7, 11) is 0. The fourth-order valence-electron chi connectivity index (χ4n) is 3.14. The molecule has 1 unspecified atom stereocenters. The second-order valence-corrected chi connectivity index (χ2v) is 6.79. The van der Waals surface area contributed by atoms with Gasteiger partial charge < -0.3 is 9.47 Å². The second kappa shape index (κ2) is 9.28. The molecule has 24 heavy (non-hydrogen) atoms. The molecule has 1 atom stereocenters. The van der Waals surface area contributed by atoms with Crippen molar-refractivity contribution in [1.82, 2.24) is 4.90 Å². The van der Waals surface area contributed by atoms with Crippen molar-refractivity contribution in [2.45, 2.75) is 59.6 Å². The Balaban J connectivity index is 0.00000288. The van der Waals surface area contributed by atoms with E-state index in [0.29, 0.717) is 12.2 Å². The van der Waals surface area contributed by atoms with Crippen LogP contribution in [0.2, 0.25) is 0 Å². The van der Waals surface area contributed by atoms with Crippen LogP contribution in [-0.4, -0.2) is 42.7 Å². The number of nitrogens with zero attached hydrogens (tertiary/aromatic N) is 1. The molecule has 1 saturated heterocycles. The Kier molecular flexibility index (Phi) is 8.04. The zero-order valence-corrected chi connectivity index (χ0v) is 16.2. The maximum atomic E-state index is 12.5. The molecule has 1 aromatic rings. The number of carbonyl (C=O) groups excluding carboxylic acids is 1. The summed E-state index contributed by atoms with van der Waals surface area (Å²) in [5.41, 5.74) is 2.47. The van der Waals surface area contributed by atoms with Crippen LogP contribution in [0.5, 0.6) is 5.75 Å². The summed E-state index contributed by atoms with van der Waals surface area (Å²) in [6, 6.07) is 4.10. The van der Waals surface area contributed by atoms with E-state index in [1.165, 1.54) is 12.8 Å². The van der Waals surface area contributed by atoms with Gasteiger partial charge in [-0.2, -0.15) is 0 Å². The van der Waals surface area contributed by atoms with Gasteiger partial charge in [-0.1, -0.05) is 0 Å². The highest BCUT2D eigenvalue weighted by molar-refractivity contribution is 5.93.